The van der Waals surface area contributed by atoms with Crippen molar-refractivity contribution < 1.29 is 21.7 Å². The second kappa shape index (κ2) is 5.60. The van der Waals surface area contributed by atoms with Crippen LogP contribution in [0.2, 0.25) is 0 Å². The summed E-state index contributed by atoms with van der Waals surface area (Å²) in [7, 11) is -4.30. The van der Waals surface area contributed by atoms with E-state index in [0.29, 0.717) is 13.0 Å². The summed E-state index contributed by atoms with van der Waals surface area (Å²) >= 11 is 0. The van der Waals surface area contributed by atoms with E-state index in [1.807, 2.05) is 12.1 Å². The van der Waals surface area contributed by atoms with Crippen molar-refractivity contribution >= 4 is 16.6 Å². The first-order valence-electron chi connectivity index (χ1n) is 5.83. The lowest BCUT2D eigenvalue weighted by atomic mass is 10.0. The third kappa shape index (κ3) is 3.90. The lowest BCUT2D eigenvalue weighted by molar-refractivity contribution is -0.524. The lowest BCUT2D eigenvalue weighted by Crippen LogP contribution is -2.24. The molecule has 1 aromatic rings. The van der Waals surface area contributed by atoms with Crippen LogP contribution in [0.5, 0.6) is 0 Å². The molecule has 0 aliphatic carbocycles. The maximum atomic E-state index is 10.4. The van der Waals surface area contributed by atoms with Crippen LogP contribution in [0.4, 0.5) is 0 Å². The molecular formula is C12H16NO4S+. The zero-order valence-corrected chi connectivity index (χ0v) is 10.8. The zero-order valence-electron chi connectivity index (χ0n) is 9.95. The Morgan fingerprint density at radius 3 is 2.89 bits per heavy atom. The monoisotopic (exact) mass is 270 g/mol. The van der Waals surface area contributed by atoms with Crippen LogP contribution < -0.4 is 0 Å². The topological polar surface area (TPSA) is 66.6 Å². The third-order valence-corrected chi connectivity index (χ3v) is 3.33. The van der Waals surface area contributed by atoms with Gasteiger partial charge in [-0.1, -0.05) is 18.2 Å². The number of nitrogens with zero attached hydrogens (tertiary/aromatic N) is 1. The Labute approximate surface area is 107 Å². The molecule has 0 bridgehead atoms. The van der Waals surface area contributed by atoms with Gasteiger partial charge >= 0.3 is 10.4 Å². The van der Waals surface area contributed by atoms with Gasteiger partial charge in [0.1, 0.15) is 13.1 Å². The van der Waals surface area contributed by atoms with E-state index >= 15 is 0 Å². The quantitative estimate of drug-likeness (QED) is 0.490. The van der Waals surface area contributed by atoms with Crippen LogP contribution in [0.15, 0.2) is 24.3 Å². The van der Waals surface area contributed by atoms with Crippen LogP contribution in [-0.4, -0.2) is 43.5 Å². The maximum absolute atomic E-state index is 10.4. The van der Waals surface area contributed by atoms with Crippen molar-refractivity contribution in [1.82, 2.24) is 0 Å². The number of hydrogen-bond acceptors (Lipinski definition) is 3. The SMILES string of the molecule is O=S(=O)(O)OCCC[N+]1=Cc2ccccc2CC1. The van der Waals surface area contributed by atoms with Gasteiger partial charge in [0.15, 0.2) is 6.21 Å². The first-order chi connectivity index (χ1) is 8.54. The van der Waals surface area contributed by atoms with Gasteiger partial charge < -0.3 is 0 Å². The molecule has 5 nitrogen and oxygen atoms in total. The highest BCUT2D eigenvalue weighted by molar-refractivity contribution is 7.80. The van der Waals surface area contributed by atoms with Crippen molar-refractivity contribution in [3.63, 3.8) is 0 Å². The normalized spacial score (nSPS) is 15.1. The molecule has 1 aliphatic rings. The van der Waals surface area contributed by atoms with Crippen LogP contribution in [0.3, 0.4) is 0 Å². The van der Waals surface area contributed by atoms with Crippen LogP contribution in [0.1, 0.15) is 17.5 Å². The summed E-state index contributed by atoms with van der Waals surface area (Å²) in [5.41, 5.74) is 2.54. The largest absolute Gasteiger partial charge is 0.397 e. The number of benzene rings is 1. The Bertz CT molecular complexity index is 551. The Morgan fingerprint density at radius 2 is 2.11 bits per heavy atom. The number of fused-ring (bicyclic) bond motifs is 1. The van der Waals surface area contributed by atoms with Gasteiger partial charge in [-0.2, -0.15) is 8.42 Å². The van der Waals surface area contributed by atoms with Gasteiger partial charge in [0.25, 0.3) is 0 Å². The predicted octanol–water partition coefficient (Wildman–Crippen LogP) is 0.884. The highest BCUT2D eigenvalue weighted by Crippen LogP contribution is 2.11. The Morgan fingerprint density at radius 1 is 1.33 bits per heavy atom. The van der Waals surface area contributed by atoms with Crippen molar-refractivity contribution in [3.05, 3.63) is 35.4 Å². The molecule has 0 fully saturated rings. The molecule has 0 spiro atoms. The van der Waals surface area contributed by atoms with Gasteiger partial charge in [0.2, 0.25) is 0 Å². The van der Waals surface area contributed by atoms with E-state index in [9.17, 15) is 8.42 Å². The van der Waals surface area contributed by atoms with Crippen molar-refractivity contribution in [2.24, 2.45) is 0 Å². The van der Waals surface area contributed by atoms with Gasteiger partial charge in [-0.05, 0) is 11.6 Å². The van der Waals surface area contributed by atoms with Crippen molar-refractivity contribution in [2.75, 3.05) is 19.7 Å². The van der Waals surface area contributed by atoms with Gasteiger partial charge in [0, 0.05) is 18.4 Å². The molecule has 18 heavy (non-hydrogen) atoms. The average Bonchev–Trinajstić information content (AvgIpc) is 2.33. The molecule has 0 aromatic heterocycles. The van der Waals surface area contributed by atoms with E-state index in [2.05, 4.69) is 27.1 Å². The molecule has 6 heteroatoms. The predicted molar refractivity (Wildman–Crippen MR) is 67.4 cm³/mol. The van der Waals surface area contributed by atoms with E-state index in [1.165, 1.54) is 11.1 Å². The number of hydrogen-bond donors (Lipinski definition) is 1. The summed E-state index contributed by atoms with van der Waals surface area (Å²) in [6, 6.07) is 8.21. The smallest absolute Gasteiger partial charge is 0.264 e. The molecule has 0 amide bonds. The minimum atomic E-state index is -4.30. The zero-order chi connectivity index (χ0) is 13.0. The molecule has 1 heterocycles. The first-order valence-corrected chi connectivity index (χ1v) is 7.20. The fraction of sp³-hybridized carbons (Fsp3) is 0.417. The summed E-state index contributed by atoms with van der Waals surface area (Å²) in [5.74, 6) is 0. The fourth-order valence-electron chi connectivity index (χ4n) is 2.02. The molecule has 98 valence electrons. The Hall–Kier alpha value is -1.24. The van der Waals surface area contributed by atoms with Crippen LogP contribution in [0.25, 0.3) is 0 Å². The summed E-state index contributed by atoms with van der Waals surface area (Å²) < 4.78 is 35.5. The minimum absolute atomic E-state index is 0.00478. The van der Waals surface area contributed by atoms with Crippen molar-refractivity contribution in [1.29, 1.82) is 0 Å². The molecule has 0 unspecified atom stereocenters. The maximum Gasteiger partial charge on any atom is 0.397 e. The number of rotatable bonds is 5. The standard InChI is InChI=1S/C12H15NO4S/c14-18(15,16)17-9-3-7-13-8-6-11-4-1-2-5-12(11)10-13/h1-2,4-5,10H,3,6-9H2/p+1. The summed E-state index contributed by atoms with van der Waals surface area (Å²) in [4.78, 5) is 0. The van der Waals surface area contributed by atoms with E-state index in [-0.39, 0.29) is 6.61 Å². The summed E-state index contributed by atoms with van der Waals surface area (Å²) in [5, 5.41) is 0. The van der Waals surface area contributed by atoms with Gasteiger partial charge in [-0.25, -0.2) is 8.76 Å². The van der Waals surface area contributed by atoms with Gasteiger partial charge in [-0.15, -0.1) is 0 Å². The Kier molecular flexibility index (Phi) is 4.11. The average molecular weight is 270 g/mol. The molecule has 0 radical (unpaired) electrons. The highest BCUT2D eigenvalue weighted by Gasteiger charge is 2.15. The van der Waals surface area contributed by atoms with Crippen molar-refractivity contribution in [3.8, 4) is 0 Å². The third-order valence-electron chi connectivity index (χ3n) is 2.87. The van der Waals surface area contributed by atoms with E-state index in [4.69, 9.17) is 4.55 Å². The van der Waals surface area contributed by atoms with E-state index < -0.39 is 10.4 Å². The first kappa shape index (κ1) is 13.2. The molecule has 0 saturated heterocycles. The fourth-order valence-corrected chi connectivity index (χ4v) is 2.35. The van der Waals surface area contributed by atoms with Gasteiger partial charge in [-0.3, -0.25) is 4.55 Å². The molecule has 1 N–H and O–H groups in total. The minimum Gasteiger partial charge on any atom is -0.264 e. The molecule has 1 aromatic carbocycles. The van der Waals surface area contributed by atoms with Crippen molar-refractivity contribution in [2.45, 2.75) is 12.8 Å². The summed E-state index contributed by atoms with van der Waals surface area (Å²) in [6.07, 6.45) is 3.62. The van der Waals surface area contributed by atoms with Crippen LogP contribution >= 0.6 is 0 Å². The van der Waals surface area contributed by atoms with E-state index in [0.717, 1.165) is 13.0 Å². The highest BCUT2D eigenvalue weighted by atomic mass is 32.3. The molecule has 2 rings (SSSR count). The summed E-state index contributed by atoms with van der Waals surface area (Å²) in [6.45, 7) is 1.64. The van der Waals surface area contributed by atoms with E-state index in [1.54, 1.807) is 0 Å². The Balaban J connectivity index is 1.87. The second-order valence-corrected chi connectivity index (χ2v) is 5.31. The lowest BCUT2D eigenvalue weighted by Gasteiger charge is -2.11. The van der Waals surface area contributed by atoms with Crippen LogP contribution in [-0.2, 0) is 21.0 Å². The van der Waals surface area contributed by atoms with Gasteiger partial charge in [0.05, 0.1) is 6.61 Å². The molecule has 0 atom stereocenters. The van der Waals surface area contributed by atoms with Crippen LogP contribution in [0, 0.1) is 0 Å². The second-order valence-electron chi connectivity index (χ2n) is 4.22. The molecule has 1 aliphatic heterocycles. The molecule has 0 saturated carbocycles. The molecular weight excluding hydrogens is 254 g/mol.